The van der Waals surface area contributed by atoms with E-state index in [9.17, 15) is 29.4 Å². The molecule has 0 aromatic carbocycles. The highest BCUT2D eigenvalue weighted by Crippen LogP contribution is 2.63. The molecule has 0 amide bonds. The first-order chi connectivity index (χ1) is 12.1. The zero-order chi connectivity index (χ0) is 19.7. The van der Waals surface area contributed by atoms with Gasteiger partial charge in [0.15, 0.2) is 11.6 Å². The highest BCUT2D eigenvalue weighted by atomic mass is 16.4. The Labute approximate surface area is 152 Å². The van der Waals surface area contributed by atoms with Crippen molar-refractivity contribution in [3.8, 4) is 0 Å². The number of carbonyl (C=O) groups is 4. The van der Waals surface area contributed by atoms with Gasteiger partial charge in [0.05, 0.1) is 10.8 Å². The standard InChI is InChI=1S/C20H24O6/c1-5-11-9-17(7-3)15(23)19(25,13(11)21)20(26)14(22)12(6-2)10-18(17,8-4)16(20)24/h9-10,25-26H,5-8H2,1-4H3/t17-,18-,19-,20-/m0/s1. The molecule has 4 bridgehead atoms. The number of aliphatic hydroxyl groups is 2. The molecule has 3 aliphatic carbocycles. The molecule has 0 aromatic rings. The summed E-state index contributed by atoms with van der Waals surface area (Å²) in [6, 6.07) is 0. The van der Waals surface area contributed by atoms with Crippen LogP contribution in [0.15, 0.2) is 23.3 Å². The third kappa shape index (κ3) is 1.53. The number of ketones is 4. The third-order valence-electron chi connectivity index (χ3n) is 6.75. The molecule has 140 valence electrons. The zero-order valence-corrected chi connectivity index (χ0v) is 15.5. The van der Waals surface area contributed by atoms with Gasteiger partial charge in [-0.2, -0.15) is 0 Å². The molecule has 0 unspecified atom stereocenters. The maximum absolute atomic E-state index is 13.4. The summed E-state index contributed by atoms with van der Waals surface area (Å²) in [6.45, 7) is 6.81. The zero-order valence-electron chi connectivity index (χ0n) is 15.5. The Morgan fingerprint density at radius 3 is 1.23 bits per heavy atom. The average Bonchev–Trinajstić information content (AvgIpc) is 2.65. The second-order valence-corrected chi connectivity index (χ2v) is 7.43. The lowest BCUT2D eigenvalue weighted by Crippen LogP contribution is -2.84. The molecule has 0 spiro atoms. The van der Waals surface area contributed by atoms with Crippen LogP contribution in [0.4, 0.5) is 0 Å². The molecule has 0 heterocycles. The van der Waals surface area contributed by atoms with Gasteiger partial charge in [0, 0.05) is 0 Å². The molecule has 6 nitrogen and oxygen atoms in total. The molecular formula is C20H24O6. The Morgan fingerprint density at radius 1 is 0.692 bits per heavy atom. The minimum absolute atomic E-state index is 0.166. The fraction of sp³-hybridized carbons (Fsp3) is 0.600. The predicted molar refractivity (Wildman–Crippen MR) is 92.1 cm³/mol. The van der Waals surface area contributed by atoms with Gasteiger partial charge in [0.2, 0.25) is 22.8 Å². The Balaban J connectivity index is 2.58. The van der Waals surface area contributed by atoms with Gasteiger partial charge in [0.25, 0.3) is 0 Å². The molecule has 0 aliphatic heterocycles. The van der Waals surface area contributed by atoms with E-state index in [1.54, 1.807) is 27.7 Å². The molecule has 6 heteroatoms. The smallest absolute Gasteiger partial charge is 0.230 e. The Morgan fingerprint density at radius 2 is 1.00 bits per heavy atom. The number of hydrogen-bond acceptors (Lipinski definition) is 6. The third-order valence-corrected chi connectivity index (χ3v) is 6.75. The van der Waals surface area contributed by atoms with Crippen molar-refractivity contribution in [2.75, 3.05) is 0 Å². The van der Waals surface area contributed by atoms with Crippen molar-refractivity contribution in [1.29, 1.82) is 0 Å². The maximum atomic E-state index is 13.4. The molecule has 4 atom stereocenters. The minimum Gasteiger partial charge on any atom is -0.371 e. The molecule has 2 N–H and O–H groups in total. The summed E-state index contributed by atoms with van der Waals surface area (Å²) < 4.78 is 0. The van der Waals surface area contributed by atoms with Crippen LogP contribution in [0.5, 0.6) is 0 Å². The molecule has 0 aromatic heterocycles. The summed E-state index contributed by atoms with van der Waals surface area (Å²) >= 11 is 0. The normalized spacial score (nSPS) is 41.9. The van der Waals surface area contributed by atoms with E-state index in [-0.39, 0.29) is 36.8 Å². The summed E-state index contributed by atoms with van der Waals surface area (Å²) in [5.41, 5.74) is -8.71. The van der Waals surface area contributed by atoms with E-state index < -0.39 is 45.2 Å². The van der Waals surface area contributed by atoms with Gasteiger partial charge in [-0.05, 0) is 36.8 Å². The number of carbonyl (C=O) groups excluding carboxylic acids is 4. The van der Waals surface area contributed by atoms with Gasteiger partial charge in [-0.15, -0.1) is 0 Å². The van der Waals surface area contributed by atoms with Crippen LogP contribution in [0.25, 0.3) is 0 Å². The topological polar surface area (TPSA) is 109 Å². The van der Waals surface area contributed by atoms with Crippen molar-refractivity contribution < 1.29 is 29.4 Å². The van der Waals surface area contributed by atoms with Gasteiger partial charge in [-0.1, -0.05) is 39.8 Å². The van der Waals surface area contributed by atoms with Crippen molar-refractivity contribution in [2.24, 2.45) is 10.8 Å². The second kappa shape index (κ2) is 5.30. The first-order valence-corrected chi connectivity index (χ1v) is 9.16. The average molecular weight is 360 g/mol. The van der Waals surface area contributed by atoms with Crippen molar-refractivity contribution in [3.05, 3.63) is 23.3 Å². The van der Waals surface area contributed by atoms with Gasteiger partial charge >= 0.3 is 0 Å². The molecule has 0 saturated heterocycles. The maximum Gasteiger partial charge on any atom is 0.230 e. The summed E-state index contributed by atoms with van der Waals surface area (Å²) in [6.07, 6.45) is 3.79. The number of hydrogen-bond donors (Lipinski definition) is 2. The molecular weight excluding hydrogens is 336 g/mol. The highest BCUT2D eigenvalue weighted by Gasteiger charge is 2.83. The Hall–Kier alpha value is -1.92. The second-order valence-electron chi connectivity index (χ2n) is 7.43. The van der Waals surface area contributed by atoms with Crippen LogP contribution in [0, 0.1) is 10.8 Å². The first-order valence-electron chi connectivity index (χ1n) is 9.16. The van der Waals surface area contributed by atoms with Crippen LogP contribution < -0.4 is 0 Å². The predicted octanol–water partition coefficient (Wildman–Crippen LogP) is 1.23. The fourth-order valence-corrected chi connectivity index (χ4v) is 5.17. The van der Waals surface area contributed by atoms with Gasteiger partial charge < -0.3 is 10.2 Å². The minimum atomic E-state index is -3.06. The molecule has 1 fully saturated rings. The van der Waals surface area contributed by atoms with E-state index in [2.05, 4.69) is 0 Å². The van der Waals surface area contributed by atoms with Gasteiger partial charge in [-0.3, -0.25) is 19.2 Å². The van der Waals surface area contributed by atoms with Crippen LogP contribution in [-0.2, 0) is 19.2 Å². The molecule has 3 rings (SSSR count). The molecule has 26 heavy (non-hydrogen) atoms. The van der Waals surface area contributed by atoms with Crippen molar-refractivity contribution in [1.82, 2.24) is 0 Å². The van der Waals surface area contributed by atoms with Crippen molar-refractivity contribution in [3.63, 3.8) is 0 Å². The lowest BCUT2D eigenvalue weighted by molar-refractivity contribution is -0.212. The lowest BCUT2D eigenvalue weighted by Gasteiger charge is -2.61. The van der Waals surface area contributed by atoms with E-state index >= 15 is 0 Å². The van der Waals surface area contributed by atoms with E-state index in [1.165, 1.54) is 12.2 Å². The van der Waals surface area contributed by atoms with E-state index in [0.717, 1.165) is 0 Å². The van der Waals surface area contributed by atoms with Crippen LogP contribution in [0.2, 0.25) is 0 Å². The van der Waals surface area contributed by atoms with Crippen LogP contribution in [0.3, 0.4) is 0 Å². The largest absolute Gasteiger partial charge is 0.371 e. The SMILES string of the molecule is CCC1=C[C@@]2(CC)C(=O)[C@@](O)(C1=O)[C@]1(O)C(=O)C(CC)=C[C@@]2(CC)C1=O. The number of allylic oxidation sites excluding steroid dienone is 2. The van der Waals surface area contributed by atoms with Gasteiger partial charge in [-0.25, -0.2) is 0 Å². The molecule has 0 radical (unpaired) electrons. The quantitative estimate of drug-likeness (QED) is 0.730. The van der Waals surface area contributed by atoms with Crippen molar-refractivity contribution in [2.45, 2.75) is 64.6 Å². The van der Waals surface area contributed by atoms with Crippen LogP contribution in [-0.4, -0.2) is 44.5 Å². The Kier molecular flexibility index (Phi) is 3.84. The van der Waals surface area contributed by atoms with Crippen molar-refractivity contribution >= 4 is 23.1 Å². The molecule has 1 saturated carbocycles. The number of Topliss-reactive ketones (excluding diaryl/α,β-unsaturated/α-hetero) is 4. The number of rotatable bonds is 4. The number of fused-ring (bicyclic) bond motifs is 6. The highest BCUT2D eigenvalue weighted by molar-refractivity contribution is 6.38. The van der Waals surface area contributed by atoms with Crippen LogP contribution in [0.1, 0.15) is 53.4 Å². The lowest BCUT2D eigenvalue weighted by atomic mass is 9.39. The monoisotopic (exact) mass is 360 g/mol. The van der Waals surface area contributed by atoms with E-state index in [1.807, 2.05) is 0 Å². The summed E-state index contributed by atoms with van der Waals surface area (Å²) in [7, 11) is 0. The molecule has 3 aliphatic rings. The van der Waals surface area contributed by atoms with E-state index in [0.29, 0.717) is 0 Å². The van der Waals surface area contributed by atoms with Crippen LogP contribution >= 0.6 is 0 Å². The Bertz CT molecular complexity index is 752. The summed E-state index contributed by atoms with van der Waals surface area (Å²) in [5.74, 6) is -3.97. The van der Waals surface area contributed by atoms with E-state index in [4.69, 9.17) is 0 Å². The summed E-state index contributed by atoms with van der Waals surface area (Å²) in [5, 5.41) is 22.4. The summed E-state index contributed by atoms with van der Waals surface area (Å²) in [4.78, 5) is 52.7. The fourth-order valence-electron chi connectivity index (χ4n) is 5.17. The first kappa shape index (κ1) is 18.9. The van der Waals surface area contributed by atoms with Gasteiger partial charge in [0.1, 0.15) is 0 Å².